The zero-order chi connectivity index (χ0) is 13.8. The molecule has 0 saturated carbocycles. The molecule has 0 radical (unpaired) electrons. The number of ether oxygens (including phenoxy) is 1. The van der Waals surface area contributed by atoms with Gasteiger partial charge in [-0.3, -0.25) is 0 Å². The zero-order valence-corrected chi connectivity index (χ0v) is 11.8. The Bertz CT molecular complexity index is 594. The fourth-order valence-corrected chi connectivity index (χ4v) is 1.97. The molecule has 0 aliphatic carbocycles. The lowest BCUT2D eigenvalue weighted by molar-refractivity contribution is 0.415. The number of thiocarbonyl (C=S) groups is 1. The molecule has 3 nitrogen and oxygen atoms in total. The minimum atomic E-state index is 0.389. The van der Waals surface area contributed by atoms with Crippen molar-refractivity contribution in [2.24, 2.45) is 5.73 Å². The van der Waals surface area contributed by atoms with Crippen LogP contribution in [-0.4, -0.2) is 12.1 Å². The van der Waals surface area contributed by atoms with Crippen LogP contribution in [0.2, 0.25) is 0 Å². The Hall–Kier alpha value is -2.07. The molecule has 2 aromatic rings. The van der Waals surface area contributed by atoms with Gasteiger partial charge in [0.25, 0.3) is 0 Å². The highest BCUT2D eigenvalue weighted by Gasteiger charge is 2.06. The molecule has 98 valence electrons. The van der Waals surface area contributed by atoms with Crippen molar-refractivity contribution in [3.05, 3.63) is 53.6 Å². The van der Waals surface area contributed by atoms with E-state index in [4.69, 9.17) is 22.7 Å². The van der Waals surface area contributed by atoms with Crippen molar-refractivity contribution in [1.29, 1.82) is 0 Å². The molecule has 0 heterocycles. The van der Waals surface area contributed by atoms with Gasteiger partial charge < -0.3 is 15.8 Å². The van der Waals surface area contributed by atoms with Crippen molar-refractivity contribution in [2.45, 2.75) is 6.92 Å². The van der Waals surface area contributed by atoms with E-state index in [0.29, 0.717) is 4.99 Å². The number of methoxy groups -OCH3 is 1. The molecule has 0 spiro atoms. The number of hydrogen-bond acceptors (Lipinski definition) is 3. The van der Waals surface area contributed by atoms with Crippen molar-refractivity contribution in [3.63, 3.8) is 0 Å². The molecule has 2 aromatic carbocycles. The molecule has 0 unspecified atom stereocenters. The average molecular weight is 272 g/mol. The predicted molar refractivity (Wildman–Crippen MR) is 83.3 cm³/mol. The Morgan fingerprint density at radius 2 is 1.84 bits per heavy atom. The molecule has 0 aromatic heterocycles. The summed E-state index contributed by atoms with van der Waals surface area (Å²) < 4.78 is 5.13. The standard InChI is InChI=1S/C15H16N2OS/c1-10-3-8-14(13(9-10)15(16)19)17-11-4-6-12(18-2)7-5-11/h3-9,17H,1-2H3,(H2,16,19). The van der Waals surface area contributed by atoms with Gasteiger partial charge in [-0.05, 0) is 43.3 Å². The fraction of sp³-hybridized carbons (Fsp3) is 0.133. The Labute approximate surface area is 118 Å². The minimum absolute atomic E-state index is 0.389. The van der Waals surface area contributed by atoms with Crippen molar-refractivity contribution < 1.29 is 4.74 Å². The third-order valence-electron chi connectivity index (χ3n) is 2.81. The molecule has 0 aliphatic rings. The van der Waals surface area contributed by atoms with Crippen LogP contribution < -0.4 is 15.8 Å². The summed E-state index contributed by atoms with van der Waals surface area (Å²) in [6, 6.07) is 13.7. The van der Waals surface area contributed by atoms with E-state index in [1.165, 1.54) is 0 Å². The number of anilines is 2. The van der Waals surface area contributed by atoms with Gasteiger partial charge in [-0.2, -0.15) is 0 Å². The highest BCUT2D eigenvalue weighted by atomic mass is 32.1. The smallest absolute Gasteiger partial charge is 0.119 e. The van der Waals surface area contributed by atoms with Crippen LogP contribution in [0, 0.1) is 6.92 Å². The molecule has 0 bridgehead atoms. The summed E-state index contributed by atoms with van der Waals surface area (Å²) in [5.74, 6) is 0.823. The largest absolute Gasteiger partial charge is 0.497 e. The van der Waals surface area contributed by atoms with E-state index in [2.05, 4.69) is 5.32 Å². The van der Waals surface area contributed by atoms with Gasteiger partial charge in [0, 0.05) is 16.9 Å². The number of benzene rings is 2. The van der Waals surface area contributed by atoms with Crippen LogP contribution in [0.4, 0.5) is 11.4 Å². The Balaban J connectivity index is 2.29. The van der Waals surface area contributed by atoms with Crippen molar-refractivity contribution >= 4 is 28.6 Å². The maximum absolute atomic E-state index is 5.75. The van der Waals surface area contributed by atoms with Crippen LogP contribution in [0.25, 0.3) is 0 Å². The summed E-state index contributed by atoms with van der Waals surface area (Å²) in [7, 11) is 1.65. The van der Waals surface area contributed by atoms with E-state index in [-0.39, 0.29) is 0 Å². The molecule has 0 aliphatic heterocycles. The first-order valence-corrected chi connectivity index (χ1v) is 6.32. The summed E-state index contributed by atoms with van der Waals surface area (Å²) in [6.07, 6.45) is 0. The Morgan fingerprint density at radius 3 is 2.42 bits per heavy atom. The molecule has 0 fully saturated rings. The highest BCUT2D eigenvalue weighted by Crippen LogP contribution is 2.23. The second-order valence-corrected chi connectivity index (χ2v) is 4.71. The molecular formula is C15H16N2OS. The van der Waals surface area contributed by atoms with E-state index < -0.39 is 0 Å². The number of hydrogen-bond donors (Lipinski definition) is 2. The quantitative estimate of drug-likeness (QED) is 0.838. The van der Waals surface area contributed by atoms with Gasteiger partial charge in [0.2, 0.25) is 0 Å². The monoisotopic (exact) mass is 272 g/mol. The Kier molecular flexibility index (Phi) is 4.02. The van der Waals surface area contributed by atoms with Gasteiger partial charge in [0.15, 0.2) is 0 Å². The average Bonchev–Trinajstić information content (AvgIpc) is 2.41. The first-order valence-electron chi connectivity index (χ1n) is 5.91. The Morgan fingerprint density at radius 1 is 1.16 bits per heavy atom. The van der Waals surface area contributed by atoms with Crippen LogP contribution >= 0.6 is 12.2 Å². The van der Waals surface area contributed by atoms with E-state index >= 15 is 0 Å². The minimum Gasteiger partial charge on any atom is -0.497 e. The molecule has 4 heteroatoms. The molecular weight excluding hydrogens is 256 g/mol. The van der Waals surface area contributed by atoms with Gasteiger partial charge in [-0.25, -0.2) is 0 Å². The molecule has 3 N–H and O–H groups in total. The predicted octanol–water partition coefficient (Wildman–Crippen LogP) is 3.38. The lowest BCUT2D eigenvalue weighted by Crippen LogP contribution is -2.12. The van der Waals surface area contributed by atoms with E-state index in [9.17, 15) is 0 Å². The molecule has 2 rings (SSSR count). The number of nitrogens with two attached hydrogens (primary N) is 1. The van der Waals surface area contributed by atoms with E-state index in [0.717, 1.165) is 28.3 Å². The van der Waals surface area contributed by atoms with Crippen LogP contribution in [0.3, 0.4) is 0 Å². The van der Waals surface area contributed by atoms with Crippen molar-refractivity contribution in [2.75, 3.05) is 12.4 Å². The first kappa shape index (κ1) is 13.4. The third kappa shape index (κ3) is 3.23. The van der Waals surface area contributed by atoms with Gasteiger partial charge in [0.05, 0.1) is 7.11 Å². The molecule has 0 saturated heterocycles. The van der Waals surface area contributed by atoms with Crippen molar-refractivity contribution in [1.82, 2.24) is 0 Å². The van der Waals surface area contributed by atoms with Crippen LogP contribution in [0.1, 0.15) is 11.1 Å². The second kappa shape index (κ2) is 5.71. The summed E-state index contributed by atoms with van der Waals surface area (Å²) >= 11 is 5.08. The first-order chi connectivity index (χ1) is 9.10. The lowest BCUT2D eigenvalue weighted by atomic mass is 10.1. The van der Waals surface area contributed by atoms with Gasteiger partial charge in [-0.1, -0.05) is 23.8 Å². The molecule has 0 atom stereocenters. The second-order valence-electron chi connectivity index (χ2n) is 4.27. The van der Waals surface area contributed by atoms with E-state index in [1.807, 2.05) is 49.4 Å². The van der Waals surface area contributed by atoms with Gasteiger partial charge in [-0.15, -0.1) is 0 Å². The lowest BCUT2D eigenvalue weighted by Gasteiger charge is -2.12. The molecule has 0 amide bonds. The summed E-state index contributed by atoms with van der Waals surface area (Å²) in [6.45, 7) is 2.01. The summed E-state index contributed by atoms with van der Waals surface area (Å²) in [5, 5.41) is 3.31. The maximum atomic E-state index is 5.75. The highest BCUT2D eigenvalue weighted by molar-refractivity contribution is 7.80. The van der Waals surface area contributed by atoms with Crippen LogP contribution in [0.15, 0.2) is 42.5 Å². The fourth-order valence-electron chi connectivity index (χ4n) is 1.80. The van der Waals surface area contributed by atoms with Crippen molar-refractivity contribution in [3.8, 4) is 5.75 Å². The topological polar surface area (TPSA) is 47.3 Å². The third-order valence-corrected chi connectivity index (χ3v) is 3.03. The van der Waals surface area contributed by atoms with Crippen LogP contribution in [-0.2, 0) is 0 Å². The number of aryl methyl sites for hydroxylation is 1. The normalized spacial score (nSPS) is 10.0. The van der Waals surface area contributed by atoms with Crippen LogP contribution in [0.5, 0.6) is 5.75 Å². The van der Waals surface area contributed by atoms with Gasteiger partial charge >= 0.3 is 0 Å². The zero-order valence-electron chi connectivity index (χ0n) is 10.9. The van der Waals surface area contributed by atoms with E-state index in [1.54, 1.807) is 7.11 Å². The summed E-state index contributed by atoms with van der Waals surface area (Å²) in [5.41, 5.74) is 9.60. The number of nitrogens with one attached hydrogen (secondary N) is 1. The SMILES string of the molecule is COc1ccc(Nc2ccc(C)cc2C(N)=S)cc1. The van der Waals surface area contributed by atoms with Gasteiger partial charge in [0.1, 0.15) is 10.7 Å². The maximum Gasteiger partial charge on any atom is 0.119 e. The molecule has 19 heavy (non-hydrogen) atoms. The number of rotatable bonds is 4. The summed E-state index contributed by atoms with van der Waals surface area (Å²) in [4.78, 5) is 0.389.